The van der Waals surface area contributed by atoms with Crippen molar-refractivity contribution in [3.05, 3.63) is 0 Å². The zero-order chi connectivity index (χ0) is 2.00. The van der Waals surface area contributed by atoms with Crippen LogP contribution in [0.3, 0.4) is 0 Å². The van der Waals surface area contributed by atoms with Crippen molar-refractivity contribution in [2.45, 2.75) is 0 Å². The third-order valence-electron chi connectivity index (χ3n) is 0. The van der Waals surface area contributed by atoms with Crippen LogP contribution in [0.1, 0.15) is 0 Å². The maximum atomic E-state index is 3.77. The summed E-state index contributed by atoms with van der Waals surface area (Å²) in [6.07, 6.45) is 0. The molecule has 0 aliphatic heterocycles. The Morgan fingerprint density at radius 2 is 1.25 bits per heavy atom. The van der Waals surface area contributed by atoms with E-state index in [2.05, 4.69) is 24.9 Å². The molecular weight excluding hydrogens is 335 g/mol. The molecule has 0 aliphatic rings. The molecule has 0 unspecified atom stereocenters. The molecule has 0 aromatic carbocycles. The summed E-state index contributed by atoms with van der Waals surface area (Å²) in [5, 5.41) is 0. The molecule has 0 atom stereocenters. The first kappa shape index (κ1) is 16.6. The second-order valence-corrected chi connectivity index (χ2v) is 0. The van der Waals surface area contributed by atoms with Crippen LogP contribution in [-0.4, -0.2) is 27.3 Å². The average Bonchev–Trinajstić information content (AvgIpc) is 1.00. The molecule has 0 saturated carbocycles. The summed E-state index contributed by atoms with van der Waals surface area (Å²) in [7, 11) is 3.65. The predicted molar refractivity (Wildman–Crippen MR) is 23.7 cm³/mol. The van der Waals surface area contributed by atoms with Crippen molar-refractivity contribution in [1.82, 2.24) is 0 Å². The fourth-order valence-electron chi connectivity index (χ4n) is 0. The van der Waals surface area contributed by atoms with Gasteiger partial charge in [0, 0.05) is 27.3 Å². The molecule has 0 spiro atoms. The van der Waals surface area contributed by atoms with Gasteiger partial charge in [-0.25, -0.2) is 0 Å². The molecule has 0 saturated heterocycles. The Morgan fingerprint density at radius 1 is 1.25 bits per heavy atom. The SMILES string of the molecule is S.[Pb].[S]=[Cu]. The monoisotopic (exact) mass is 337 g/mol. The van der Waals surface area contributed by atoms with Crippen molar-refractivity contribution < 1.29 is 14.4 Å². The summed E-state index contributed by atoms with van der Waals surface area (Å²) in [5.41, 5.74) is 0. The van der Waals surface area contributed by atoms with Gasteiger partial charge in [-0.05, 0) is 0 Å². The van der Waals surface area contributed by atoms with Crippen LogP contribution in [0.4, 0.5) is 0 Å². The Bertz CT molecular complexity index is 6.00. The summed E-state index contributed by atoms with van der Waals surface area (Å²) >= 11 is 3.77. The van der Waals surface area contributed by atoms with Gasteiger partial charge < -0.3 is 0 Å². The van der Waals surface area contributed by atoms with Crippen molar-refractivity contribution in [2.24, 2.45) is 0 Å². The van der Waals surface area contributed by atoms with Crippen LogP contribution in [0, 0.1) is 0 Å². The van der Waals surface area contributed by atoms with E-state index < -0.39 is 0 Å². The first-order chi connectivity index (χ1) is 1.00. The van der Waals surface area contributed by atoms with Crippen LogP contribution in [0.2, 0.25) is 0 Å². The first-order valence-electron chi connectivity index (χ1n) is 0.123. The van der Waals surface area contributed by atoms with Crippen LogP contribution >= 0.6 is 24.0 Å². The summed E-state index contributed by atoms with van der Waals surface area (Å²) in [4.78, 5) is 0. The van der Waals surface area contributed by atoms with Gasteiger partial charge in [0.25, 0.3) is 0 Å². The molecule has 4 heteroatoms. The van der Waals surface area contributed by atoms with Gasteiger partial charge in [-0.3, -0.25) is 0 Å². The molecule has 4 radical (unpaired) electrons. The van der Waals surface area contributed by atoms with Gasteiger partial charge >= 0.3 is 24.9 Å². The van der Waals surface area contributed by atoms with Gasteiger partial charge in [0.1, 0.15) is 0 Å². The average molecular weight is 337 g/mol. The standard InChI is InChI=1S/Cu.Pb.H2S.S/h;;1H2;. The van der Waals surface area contributed by atoms with Gasteiger partial charge in [-0.1, -0.05) is 0 Å². The van der Waals surface area contributed by atoms with E-state index in [4.69, 9.17) is 0 Å². The van der Waals surface area contributed by atoms with Crippen LogP contribution in [0.15, 0.2) is 0 Å². The van der Waals surface area contributed by atoms with Gasteiger partial charge in [0.15, 0.2) is 0 Å². The molecule has 0 fully saturated rings. The fourth-order valence-corrected chi connectivity index (χ4v) is 0. The third kappa shape index (κ3) is 8.99. The first-order valence-corrected chi connectivity index (χ1v) is 1.52. The van der Waals surface area contributed by atoms with Crippen molar-refractivity contribution in [3.8, 4) is 0 Å². The maximum absolute atomic E-state index is 3.77. The molecule has 0 N–H and O–H groups in total. The Hall–Kier alpha value is 2.01. The Labute approximate surface area is 65.0 Å². The molecule has 0 aromatic heterocycles. The van der Waals surface area contributed by atoms with E-state index in [9.17, 15) is 0 Å². The molecule has 0 bridgehead atoms. The van der Waals surface area contributed by atoms with Gasteiger partial charge in [0.2, 0.25) is 0 Å². The second-order valence-electron chi connectivity index (χ2n) is 0. The van der Waals surface area contributed by atoms with E-state index >= 15 is 0 Å². The van der Waals surface area contributed by atoms with Crippen LogP contribution < -0.4 is 0 Å². The van der Waals surface area contributed by atoms with Crippen molar-refractivity contribution in [3.63, 3.8) is 0 Å². The molecule has 0 heterocycles. The van der Waals surface area contributed by atoms with E-state index in [-0.39, 0.29) is 40.8 Å². The number of rotatable bonds is 0. The minimum absolute atomic E-state index is 0. The normalized spacial score (nSPS) is 1.50. The summed E-state index contributed by atoms with van der Waals surface area (Å²) in [6, 6.07) is 0. The molecule has 29 valence electrons. The van der Waals surface area contributed by atoms with Crippen molar-refractivity contribution in [1.29, 1.82) is 0 Å². The zero-order valence-electron chi connectivity index (χ0n) is 1.71. The number of hydrogen-bond acceptors (Lipinski definition) is 1. The molecule has 0 aromatic rings. The van der Waals surface area contributed by atoms with Gasteiger partial charge in [-0.15, -0.1) is 0 Å². The third-order valence-corrected chi connectivity index (χ3v) is 0. The topological polar surface area (TPSA) is 0 Å². The Morgan fingerprint density at radius 3 is 1.25 bits per heavy atom. The molecule has 0 amide bonds. The Kier molecular flexibility index (Phi) is 83.0. The van der Waals surface area contributed by atoms with Gasteiger partial charge in [0.05, 0.1) is 0 Å². The van der Waals surface area contributed by atoms with E-state index in [0.717, 1.165) is 0 Å². The number of hydrogen-bond donors (Lipinski definition) is 0. The molecule has 0 nitrogen and oxygen atoms in total. The summed E-state index contributed by atoms with van der Waals surface area (Å²) in [5.74, 6) is 0. The molecule has 0 aliphatic carbocycles. The van der Waals surface area contributed by atoms with E-state index in [1.54, 1.807) is 0 Å². The fraction of sp³-hybridized carbons (Fsp3) is 0. The molecule has 4 heavy (non-hydrogen) atoms. The summed E-state index contributed by atoms with van der Waals surface area (Å²) < 4.78 is 0. The molecular formula is H2CuPbS2. The van der Waals surface area contributed by atoms with Crippen LogP contribution in [0.5, 0.6) is 0 Å². The van der Waals surface area contributed by atoms with Crippen LogP contribution in [0.25, 0.3) is 0 Å². The quantitative estimate of drug-likeness (QED) is 0.576. The van der Waals surface area contributed by atoms with Crippen molar-refractivity contribution in [2.75, 3.05) is 0 Å². The summed E-state index contributed by atoms with van der Waals surface area (Å²) in [6.45, 7) is 0. The van der Waals surface area contributed by atoms with Crippen molar-refractivity contribution >= 4 is 51.3 Å². The van der Waals surface area contributed by atoms with Gasteiger partial charge in [-0.2, -0.15) is 13.5 Å². The predicted octanol–water partition coefficient (Wildman–Crippen LogP) is 0.378. The van der Waals surface area contributed by atoms with E-state index in [1.807, 2.05) is 0 Å². The molecule has 0 rings (SSSR count). The minimum atomic E-state index is 0. The zero-order valence-corrected chi connectivity index (χ0v) is 8.36. The van der Waals surface area contributed by atoms with E-state index in [1.165, 1.54) is 0 Å². The van der Waals surface area contributed by atoms with Crippen LogP contribution in [-0.2, 0) is 14.4 Å². The second kappa shape index (κ2) is 19.9. The Balaban J connectivity index is -0.00000000500. The van der Waals surface area contributed by atoms with E-state index in [0.29, 0.717) is 0 Å².